The van der Waals surface area contributed by atoms with E-state index in [9.17, 15) is 10.3 Å². The van der Waals surface area contributed by atoms with Gasteiger partial charge in [-0.2, -0.15) is 0 Å². The molecule has 0 amide bonds. The molecule has 0 radical (unpaired) electrons. The molecule has 210 valence electrons. The summed E-state index contributed by atoms with van der Waals surface area (Å²) in [4.78, 5) is 18.1. The van der Waals surface area contributed by atoms with Crippen molar-refractivity contribution >= 4 is 24.7 Å². The van der Waals surface area contributed by atoms with Crippen molar-refractivity contribution < 1.29 is 18.7 Å². The molecule has 9 heteroatoms. The summed E-state index contributed by atoms with van der Waals surface area (Å²) < 4.78 is 18.7. The number of carbonyl (C=O) groups excluding carboxylic acids is 1. The highest BCUT2D eigenvalue weighted by molar-refractivity contribution is 6.99. The number of esters is 1. The molecule has 0 bridgehead atoms. The molecule has 0 spiro atoms. The average Bonchev–Trinajstić information content (AvgIpc) is 2.95. The van der Waals surface area contributed by atoms with Crippen LogP contribution in [0.3, 0.4) is 0 Å². The van der Waals surface area contributed by atoms with Gasteiger partial charge in [0, 0.05) is 18.1 Å². The molecule has 3 atom stereocenters. The van der Waals surface area contributed by atoms with Crippen LogP contribution in [0.4, 0.5) is 0 Å². The van der Waals surface area contributed by atoms with Crippen molar-refractivity contribution in [2.24, 2.45) is 5.11 Å². The molecular formula is C31H38N4O4Si. The highest BCUT2D eigenvalue weighted by Gasteiger charge is 2.51. The highest BCUT2D eigenvalue weighted by Crippen LogP contribution is 2.37. The Bertz CT molecular complexity index is 1240. The molecule has 1 fully saturated rings. The number of benzene rings is 3. The Hall–Kier alpha value is -3.46. The van der Waals surface area contributed by atoms with Gasteiger partial charge in [0.1, 0.15) is 12.1 Å². The molecule has 1 aliphatic rings. The maximum atomic E-state index is 13.1. The number of azide groups is 1. The summed E-state index contributed by atoms with van der Waals surface area (Å²) in [5.41, 5.74) is 10.5. The number of hydrogen-bond donors (Lipinski definition) is 0. The van der Waals surface area contributed by atoms with Gasteiger partial charge < -0.3 is 13.9 Å². The van der Waals surface area contributed by atoms with Crippen molar-refractivity contribution in [2.45, 2.75) is 50.6 Å². The minimum absolute atomic E-state index is 0.123. The van der Waals surface area contributed by atoms with E-state index < -0.39 is 32.5 Å². The minimum Gasteiger partial charge on any atom is -0.459 e. The summed E-state index contributed by atoms with van der Waals surface area (Å²) in [6, 6.07) is 29.1. The second-order valence-corrected chi connectivity index (χ2v) is 15.5. The fourth-order valence-corrected chi connectivity index (χ4v) is 9.94. The standard InChI is InChI=1S/C31H38N4O4Si/c1-31(2,3)40(25-16-10-6-11-17-25,26-18-12-7-13-19-26)38-22-27(33-34-32)29-20-35(4)28(30(36)39-29)23-37-21-24-14-8-5-9-15-24/h5-19,27-29H,20-23H2,1-4H3/t27-,28+,29+/m1/s1. The lowest BCUT2D eigenvalue weighted by Gasteiger charge is -2.44. The second-order valence-electron chi connectivity index (χ2n) is 11.2. The third-order valence-corrected chi connectivity index (χ3v) is 12.4. The van der Waals surface area contributed by atoms with Crippen molar-refractivity contribution in [3.05, 3.63) is 107 Å². The van der Waals surface area contributed by atoms with Gasteiger partial charge >= 0.3 is 5.97 Å². The lowest BCUT2D eigenvalue weighted by molar-refractivity contribution is -0.170. The number of rotatable bonds is 11. The quantitative estimate of drug-likeness (QED) is 0.112. The lowest BCUT2D eigenvalue weighted by Crippen LogP contribution is -2.67. The van der Waals surface area contributed by atoms with Crippen molar-refractivity contribution in [3.8, 4) is 0 Å². The molecule has 0 saturated carbocycles. The predicted molar refractivity (Wildman–Crippen MR) is 159 cm³/mol. The first-order valence-corrected chi connectivity index (χ1v) is 15.5. The number of carbonyl (C=O) groups is 1. The molecule has 0 unspecified atom stereocenters. The largest absolute Gasteiger partial charge is 0.459 e. The monoisotopic (exact) mass is 558 g/mol. The third kappa shape index (κ3) is 6.63. The Labute approximate surface area is 237 Å². The van der Waals surface area contributed by atoms with E-state index in [4.69, 9.17) is 13.9 Å². The molecule has 0 aliphatic carbocycles. The zero-order valence-electron chi connectivity index (χ0n) is 23.6. The Morgan fingerprint density at radius 1 is 1.00 bits per heavy atom. The molecule has 3 aromatic carbocycles. The van der Waals surface area contributed by atoms with Crippen LogP contribution < -0.4 is 10.4 Å². The van der Waals surface area contributed by atoms with Gasteiger partial charge in [0.05, 0.1) is 19.3 Å². The summed E-state index contributed by atoms with van der Waals surface area (Å²) in [7, 11) is -0.998. The van der Waals surface area contributed by atoms with Crippen LogP contribution >= 0.6 is 0 Å². The SMILES string of the molecule is CN1C[C@@H]([C@@H](CO[Si](c2ccccc2)(c2ccccc2)C(C)(C)C)N=[N+]=[N-])OC(=O)[C@@H]1COCc1ccccc1. The van der Waals surface area contributed by atoms with Crippen molar-refractivity contribution in [3.63, 3.8) is 0 Å². The first-order chi connectivity index (χ1) is 19.3. The van der Waals surface area contributed by atoms with Crippen LogP contribution in [0.25, 0.3) is 10.4 Å². The van der Waals surface area contributed by atoms with Crippen LogP contribution in [0.2, 0.25) is 5.04 Å². The molecule has 40 heavy (non-hydrogen) atoms. The Morgan fingerprint density at radius 2 is 1.55 bits per heavy atom. The smallest absolute Gasteiger partial charge is 0.326 e. The van der Waals surface area contributed by atoms with Crippen LogP contribution in [0.5, 0.6) is 0 Å². The first-order valence-electron chi connectivity index (χ1n) is 13.6. The van der Waals surface area contributed by atoms with Gasteiger partial charge in [-0.1, -0.05) is 117 Å². The lowest BCUT2D eigenvalue weighted by atomic mass is 10.1. The summed E-state index contributed by atoms with van der Waals surface area (Å²) in [6.07, 6.45) is -0.642. The van der Waals surface area contributed by atoms with E-state index >= 15 is 0 Å². The summed E-state index contributed by atoms with van der Waals surface area (Å²) in [6.45, 7) is 7.72. The van der Waals surface area contributed by atoms with Crippen LogP contribution in [0.1, 0.15) is 26.3 Å². The van der Waals surface area contributed by atoms with E-state index in [-0.39, 0.29) is 18.3 Å². The molecule has 1 saturated heterocycles. The number of nitrogens with zero attached hydrogens (tertiary/aromatic N) is 4. The second kappa shape index (κ2) is 13.3. The van der Waals surface area contributed by atoms with Gasteiger partial charge in [-0.25, -0.2) is 0 Å². The fraction of sp³-hybridized carbons (Fsp3) is 0.387. The van der Waals surface area contributed by atoms with E-state index in [1.54, 1.807) is 0 Å². The van der Waals surface area contributed by atoms with Crippen LogP contribution in [0, 0.1) is 0 Å². The van der Waals surface area contributed by atoms with Crippen molar-refractivity contribution in [2.75, 3.05) is 26.8 Å². The topological polar surface area (TPSA) is 96.8 Å². The maximum absolute atomic E-state index is 13.1. The normalized spacial score (nSPS) is 18.9. The van der Waals surface area contributed by atoms with Crippen molar-refractivity contribution in [1.82, 2.24) is 4.90 Å². The predicted octanol–water partition coefficient (Wildman–Crippen LogP) is 4.68. The molecular weight excluding hydrogens is 520 g/mol. The third-order valence-electron chi connectivity index (χ3n) is 7.44. The maximum Gasteiger partial charge on any atom is 0.326 e. The number of hydrogen-bond acceptors (Lipinski definition) is 6. The highest BCUT2D eigenvalue weighted by atomic mass is 28.4. The molecule has 4 rings (SSSR count). The molecule has 1 aliphatic heterocycles. The molecule has 1 heterocycles. The molecule has 0 aromatic heterocycles. The molecule has 8 nitrogen and oxygen atoms in total. The van der Waals surface area contributed by atoms with E-state index in [0.717, 1.165) is 15.9 Å². The number of ether oxygens (including phenoxy) is 2. The van der Waals surface area contributed by atoms with Crippen LogP contribution in [-0.4, -0.2) is 64.2 Å². The fourth-order valence-electron chi connectivity index (χ4n) is 5.37. The van der Waals surface area contributed by atoms with E-state index in [2.05, 4.69) is 55.1 Å². The Morgan fingerprint density at radius 3 is 2.05 bits per heavy atom. The number of cyclic esters (lactones) is 1. The zero-order valence-corrected chi connectivity index (χ0v) is 24.6. The van der Waals surface area contributed by atoms with E-state index in [1.165, 1.54) is 0 Å². The summed E-state index contributed by atoms with van der Waals surface area (Å²) in [5, 5.41) is 6.07. The summed E-state index contributed by atoms with van der Waals surface area (Å²) >= 11 is 0. The van der Waals surface area contributed by atoms with Crippen LogP contribution in [0.15, 0.2) is 96.1 Å². The molecule has 0 N–H and O–H groups in total. The van der Waals surface area contributed by atoms with E-state index in [1.807, 2.05) is 78.7 Å². The first kappa shape index (κ1) is 29.5. The van der Waals surface area contributed by atoms with Gasteiger partial charge in [-0.05, 0) is 33.6 Å². The summed E-state index contributed by atoms with van der Waals surface area (Å²) in [5.74, 6) is -0.393. The van der Waals surface area contributed by atoms with E-state index in [0.29, 0.717) is 13.2 Å². The zero-order chi connectivity index (χ0) is 28.6. The van der Waals surface area contributed by atoms with Gasteiger partial charge in [0.25, 0.3) is 8.32 Å². The number of likely N-dealkylation sites (N-methyl/N-ethyl adjacent to an activating group) is 1. The van der Waals surface area contributed by atoms with Gasteiger partial charge in [-0.3, -0.25) is 9.69 Å². The van der Waals surface area contributed by atoms with Crippen molar-refractivity contribution in [1.29, 1.82) is 0 Å². The van der Waals surface area contributed by atoms with Gasteiger partial charge in [0.15, 0.2) is 0 Å². The minimum atomic E-state index is -2.86. The van der Waals surface area contributed by atoms with Gasteiger partial charge in [-0.15, -0.1) is 0 Å². The Balaban J connectivity index is 1.52. The average molecular weight is 559 g/mol. The number of morpholine rings is 1. The Kier molecular flexibility index (Phi) is 9.79. The van der Waals surface area contributed by atoms with Gasteiger partial charge in [0.2, 0.25) is 0 Å². The molecule has 3 aromatic rings. The van der Waals surface area contributed by atoms with Crippen LogP contribution in [-0.2, 0) is 25.3 Å².